The molecule has 28 heavy (non-hydrogen) atoms. The van der Waals surface area contributed by atoms with Crippen LogP contribution in [0.25, 0.3) is 10.2 Å². The van der Waals surface area contributed by atoms with Gasteiger partial charge in [-0.05, 0) is 62.3 Å². The summed E-state index contributed by atoms with van der Waals surface area (Å²) in [4.78, 5) is 22.8. The number of H-pyrrole nitrogens is 1. The molecule has 2 N–H and O–H groups in total. The molecular weight excluding hydrogens is 370 g/mol. The number of methoxy groups -OCH3 is 1. The molecule has 2 aromatic heterocycles. The quantitative estimate of drug-likeness (QED) is 0.659. The van der Waals surface area contributed by atoms with Crippen LogP contribution in [0.2, 0.25) is 0 Å². The smallest absolute Gasteiger partial charge is 0.259 e. The number of fused-ring (bicyclic) bond motifs is 3. The molecule has 0 amide bonds. The SMILES string of the molecule is COc1ccccc1CCN[C@H](C)c1nc2sc3c(c2c(=O)[nH]1)CC[C@@H](C)C3. The Labute approximate surface area is 169 Å². The van der Waals surface area contributed by atoms with E-state index >= 15 is 0 Å². The third-order valence-corrected chi connectivity index (χ3v) is 6.78. The second-order valence-corrected chi connectivity index (χ2v) is 8.80. The second-order valence-electron chi connectivity index (χ2n) is 7.72. The van der Waals surface area contributed by atoms with Crippen molar-refractivity contribution >= 4 is 21.6 Å². The predicted octanol–water partition coefficient (Wildman–Crippen LogP) is 4.01. The van der Waals surface area contributed by atoms with E-state index in [2.05, 4.69) is 23.3 Å². The molecule has 1 aromatic carbocycles. The Hall–Kier alpha value is -2.18. The van der Waals surface area contributed by atoms with Crippen LogP contribution in [0.15, 0.2) is 29.1 Å². The monoisotopic (exact) mass is 397 g/mol. The highest BCUT2D eigenvalue weighted by molar-refractivity contribution is 7.18. The van der Waals surface area contributed by atoms with Gasteiger partial charge in [-0.25, -0.2) is 4.98 Å². The van der Waals surface area contributed by atoms with Crippen LogP contribution in [-0.4, -0.2) is 23.6 Å². The zero-order chi connectivity index (χ0) is 19.7. The summed E-state index contributed by atoms with van der Waals surface area (Å²) in [5.41, 5.74) is 2.40. The van der Waals surface area contributed by atoms with E-state index in [1.54, 1.807) is 18.4 Å². The van der Waals surface area contributed by atoms with Crippen LogP contribution in [0, 0.1) is 5.92 Å². The van der Waals surface area contributed by atoms with Gasteiger partial charge in [-0.2, -0.15) is 0 Å². The van der Waals surface area contributed by atoms with Crippen molar-refractivity contribution < 1.29 is 4.74 Å². The van der Waals surface area contributed by atoms with E-state index in [0.29, 0.717) is 11.7 Å². The zero-order valence-corrected chi connectivity index (χ0v) is 17.5. The summed E-state index contributed by atoms with van der Waals surface area (Å²) >= 11 is 1.70. The fourth-order valence-corrected chi connectivity index (χ4v) is 5.39. The number of para-hydroxylation sites is 1. The van der Waals surface area contributed by atoms with E-state index in [1.807, 2.05) is 25.1 Å². The summed E-state index contributed by atoms with van der Waals surface area (Å²) in [7, 11) is 1.69. The number of hydrogen-bond acceptors (Lipinski definition) is 5. The first-order chi connectivity index (χ1) is 13.6. The molecule has 6 heteroatoms. The van der Waals surface area contributed by atoms with Crippen LogP contribution >= 0.6 is 11.3 Å². The first-order valence-corrected chi connectivity index (χ1v) is 10.8. The maximum atomic E-state index is 12.8. The summed E-state index contributed by atoms with van der Waals surface area (Å²) < 4.78 is 5.41. The Bertz CT molecular complexity index is 1040. The standard InChI is InChI=1S/C22H27N3O2S/c1-13-8-9-16-18(12-13)28-22-19(16)21(26)24-20(25-22)14(2)23-11-10-15-6-4-5-7-17(15)27-3/h4-7,13-14,23H,8-12H2,1-3H3,(H,24,25,26)/t13-,14-/m1/s1. The molecule has 0 saturated heterocycles. The molecule has 3 aromatic rings. The van der Waals surface area contributed by atoms with Crippen molar-refractivity contribution in [2.24, 2.45) is 5.92 Å². The minimum absolute atomic E-state index is 0.00503. The number of hydrogen-bond donors (Lipinski definition) is 2. The third-order valence-electron chi connectivity index (χ3n) is 5.63. The molecule has 2 atom stereocenters. The Balaban J connectivity index is 1.50. The number of thiophene rings is 1. The molecule has 1 aliphatic rings. The lowest BCUT2D eigenvalue weighted by atomic mass is 9.89. The number of aryl methyl sites for hydroxylation is 1. The van der Waals surface area contributed by atoms with Crippen molar-refractivity contribution in [2.75, 3.05) is 13.7 Å². The van der Waals surface area contributed by atoms with Crippen LogP contribution in [0.3, 0.4) is 0 Å². The Morgan fingerprint density at radius 2 is 2.21 bits per heavy atom. The van der Waals surface area contributed by atoms with Crippen LogP contribution in [0.1, 0.15) is 48.1 Å². The van der Waals surface area contributed by atoms with Crippen molar-refractivity contribution in [3.63, 3.8) is 0 Å². The fraction of sp³-hybridized carbons (Fsp3) is 0.455. The first kappa shape index (κ1) is 19.2. The van der Waals surface area contributed by atoms with E-state index in [0.717, 1.165) is 48.2 Å². The molecule has 148 valence electrons. The van der Waals surface area contributed by atoms with Gasteiger partial charge in [0.1, 0.15) is 16.4 Å². The van der Waals surface area contributed by atoms with Gasteiger partial charge < -0.3 is 15.0 Å². The lowest BCUT2D eigenvalue weighted by Gasteiger charge is -2.17. The number of aromatic nitrogens is 2. The summed E-state index contributed by atoms with van der Waals surface area (Å²) in [5.74, 6) is 2.31. The summed E-state index contributed by atoms with van der Waals surface area (Å²) in [5, 5.41) is 4.29. The lowest BCUT2D eigenvalue weighted by molar-refractivity contribution is 0.408. The number of nitrogens with one attached hydrogen (secondary N) is 2. The molecular formula is C22H27N3O2S. The minimum Gasteiger partial charge on any atom is -0.496 e. The average molecular weight is 398 g/mol. The van der Waals surface area contributed by atoms with Gasteiger partial charge in [-0.15, -0.1) is 11.3 Å². The van der Waals surface area contributed by atoms with Gasteiger partial charge in [-0.3, -0.25) is 4.79 Å². The molecule has 0 fully saturated rings. The molecule has 0 bridgehead atoms. The van der Waals surface area contributed by atoms with Crippen molar-refractivity contribution in [3.05, 3.63) is 56.4 Å². The van der Waals surface area contributed by atoms with E-state index in [4.69, 9.17) is 9.72 Å². The first-order valence-electron chi connectivity index (χ1n) is 9.96. The van der Waals surface area contributed by atoms with Crippen LogP contribution in [0.4, 0.5) is 0 Å². The lowest BCUT2D eigenvalue weighted by Crippen LogP contribution is -2.25. The van der Waals surface area contributed by atoms with Crippen LogP contribution < -0.4 is 15.6 Å². The maximum Gasteiger partial charge on any atom is 0.259 e. The molecule has 1 aliphatic carbocycles. The van der Waals surface area contributed by atoms with E-state index in [1.165, 1.54) is 16.0 Å². The Morgan fingerprint density at radius 3 is 3.04 bits per heavy atom. The number of nitrogens with zero attached hydrogens (tertiary/aromatic N) is 1. The molecule has 0 aliphatic heterocycles. The van der Waals surface area contributed by atoms with E-state index in [9.17, 15) is 4.79 Å². The van der Waals surface area contributed by atoms with Gasteiger partial charge in [0.25, 0.3) is 5.56 Å². The summed E-state index contributed by atoms with van der Waals surface area (Å²) in [6.07, 6.45) is 4.07. The molecule has 0 spiro atoms. The Morgan fingerprint density at radius 1 is 1.39 bits per heavy atom. The van der Waals surface area contributed by atoms with Crippen molar-refractivity contribution in [3.8, 4) is 5.75 Å². The summed E-state index contributed by atoms with van der Waals surface area (Å²) in [6, 6.07) is 8.03. The van der Waals surface area contributed by atoms with E-state index < -0.39 is 0 Å². The number of ether oxygens (including phenoxy) is 1. The van der Waals surface area contributed by atoms with Crippen molar-refractivity contribution in [2.45, 2.75) is 45.6 Å². The zero-order valence-electron chi connectivity index (χ0n) is 16.7. The number of benzene rings is 1. The second kappa shape index (κ2) is 8.05. The normalized spacial score (nSPS) is 17.5. The van der Waals surface area contributed by atoms with Crippen molar-refractivity contribution in [1.82, 2.24) is 15.3 Å². The van der Waals surface area contributed by atoms with Crippen LogP contribution in [-0.2, 0) is 19.3 Å². The maximum absolute atomic E-state index is 12.8. The molecule has 5 nitrogen and oxygen atoms in total. The van der Waals surface area contributed by atoms with Gasteiger partial charge in [0.15, 0.2) is 0 Å². The Kier molecular flexibility index (Phi) is 5.51. The van der Waals surface area contributed by atoms with Gasteiger partial charge in [0, 0.05) is 4.88 Å². The highest BCUT2D eigenvalue weighted by Crippen LogP contribution is 2.35. The fourth-order valence-electron chi connectivity index (χ4n) is 4.00. The predicted molar refractivity (Wildman–Crippen MR) is 115 cm³/mol. The third kappa shape index (κ3) is 3.71. The number of rotatable bonds is 6. The molecule has 2 heterocycles. The van der Waals surface area contributed by atoms with Crippen molar-refractivity contribution in [1.29, 1.82) is 0 Å². The minimum atomic E-state index is -0.0233. The highest BCUT2D eigenvalue weighted by atomic mass is 32.1. The number of aromatic amines is 1. The average Bonchev–Trinajstić information content (AvgIpc) is 3.06. The molecule has 0 saturated carbocycles. The van der Waals surface area contributed by atoms with Gasteiger partial charge >= 0.3 is 0 Å². The van der Waals surface area contributed by atoms with Gasteiger partial charge in [-0.1, -0.05) is 25.1 Å². The molecule has 4 rings (SSSR count). The molecule has 0 unspecified atom stereocenters. The largest absolute Gasteiger partial charge is 0.496 e. The van der Waals surface area contributed by atoms with Gasteiger partial charge in [0.05, 0.1) is 18.5 Å². The van der Waals surface area contributed by atoms with Gasteiger partial charge in [0.2, 0.25) is 0 Å². The summed E-state index contributed by atoms with van der Waals surface area (Å²) in [6.45, 7) is 5.10. The van der Waals surface area contributed by atoms with E-state index in [-0.39, 0.29) is 11.6 Å². The van der Waals surface area contributed by atoms with Crippen LogP contribution in [0.5, 0.6) is 5.75 Å². The topological polar surface area (TPSA) is 67.0 Å². The highest BCUT2D eigenvalue weighted by Gasteiger charge is 2.23. The molecule has 0 radical (unpaired) electrons.